The summed E-state index contributed by atoms with van der Waals surface area (Å²) in [6.07, 6.45) is 7.13. The highest BCUT2D eigenvalue weighted by atomic mass is 35.5. The van der Waals surface area contributed by atoms with Crippen molar-refractivity contribution in [3.63, 3.8) is 0 Å². The number of hydrogen-bond donors (Lipinski definition) is 2. The summed E-state index contributed by atoms with van der Waals surface area (Å²) >= 11 is 6.56. The first-order chi connectivity index (χ1) is 22.6. The number of rotatable bonds is 8. The van der Waals surface area contributed by atoms with E-state index in [1.165, 1.54) is 44.7 Å². The summed E-state index contributed by atoms with van der Waals surface area (Å²) < 4.78 is 19.3. The van der Waals surface area contributed by atoms with Gasteiger partial charge >= 0.3 is 0 Å². The molecule has 248 valence electrons. The number of nitrogens with zero attached hydrogens (tertiary/aromatic N) is 7. The molecule has 3 fully saturated rings. The summed E-state index contributed by atoms with van der Waals surface area (Å²) in [5.74, 6) is 3.14. The van der Waals surface area contributed by atoms with Gasteiger partial charge in [-0.3, -0.25) is 14.9 Å². The lowest BCUT2D eigenvalue weighted by molar-refractivity contribution is 0.184. The summed E-state index contributed by atoms with van der Waals surface area (Å²) in [4.78, 5) is 25.7. The van der Waals surface area contributed by atoms with Gasteiger partial charge in [-0.25, -0.2) is 4.98 Å². The van der Waals surface area contributed by atoms with E-state index >= 15 is 0 Å². The summed E-state index contributed by atoms with van der Waals surface area (Å²) in [6, 6.07) is 8.56. The lowest BCUT2D eigenvalue weighted by Gasteiger charge is -2.39. The Morgan fingerprint density at radius 1 is 0.957 bits per heavy atom. The van der Waals surface area contributed by atoms with E-state index < -0.39 is 7.14 Å². The predicted octanol–water partition coefficient (Wildman–Crippen LogP) is 5.59. The number of nitrogens with one attached hydrogen (secondary N) is 2. The van der Waals surface area contributed by atoms with E-state index in [1.54, 1.807) is 39.0 Å². The summed E-state index contributed by atoms with van der Waals surface area (Å²) in [6.45, 7) is 12.7. The van der Waals surface area contributed by atoms with E-state index in [0.29, 0.717) is 50.6 Å². The normalized spacial score (nSPS) is 20.9. The van der Waals surface area contributed by atoms with Crippen LogP contribution in [0.3, 0.4) is 0 Å². The zero-order valence-electron chi connectivity index (χ0n) is 27.7. The molecule has 2 aromatic heterocycles. The fourth-order valence-corrected chi connectivity index (χ4v) is 9.28. The van der Waals surface area contributed by atoms with Crippen molar-refractivity contribution in [3.05, 3.63) is 53.4 Å². The molecule has 0 saturated carbocycles. The van der Waals surface area contributed by atoms with Gasteiger partial charge in [0.2, 0.25) is 5.95 Å². The third kappa shape index (κ3) is 6.51. The maximum atomic E-state index is 13.4. The number of piperidine rings is 1. The molecule has 2 aromatic carbocycles. The van der Waals surface area contributed by atoms with Crippen molar-refractivity contribution in [2.24, 2.45) is 11.8 Å². The topological polar surface area (TPSA) is 112 Å². The number of aryl methyl sites for hydroxylation is 1. The molecule has 0 amide bonds. The van der Waals surface area contributed by atoms with Gasteiger partial charge in [-0.2, -0.15) is 4.98 Å². The second kappa shape index (κ2) is 12.8. The predicted molar refractivity (Wildman–Crippen MR) is 191 cm³/mol. The zero-order chi connectivity index (χ0) is 32.9. The minimum absolute atomic E-state index is 0.328. The van der Waals surface area contributed by atoms with Crippen molar-refractivity contribution in [1.29, 1.82) is 0 Å². The van der Waals surface area contributed by atoms with Crippen LogP contribution in [0.5, 0.6) is 5.75 Å². The molecule has 11 nitrogen and oxygen atoms in total. The largest absolute Gasteiger partial charge is 0.494 e. The van der Waals surface area contributed by atoms with Crippen LogP contribution in [0, 0.1) is 18.8 Å². The molecule has 0 aliphatic carbocycles. The number of benzene rings is 2. The Morgan fingerprint density at radius 2 is 1.68 bits per heavy atom. The highest BCUT2D eigenvalue weighted by molar-refractivity contribution is 7.71. The lowest BCUT2D eigenvalue weighted by atomic mass is 10.0. The molecule has 2 atom stereocenters. The quantitative estimate of drug-likeness (QED) is 0.228. The van der Waals surface area contributed by atoms with Crippen LogP contribution in [0.2, 0.25) is 5.02 Å². The summed E-state index contributed by atoms with van der Waals surface area (Å²) in [5, 5.41) is 7.55. The van der Waals surface area contributed by atoms with Crippen molar-refractivity contribution in [1.82, 2.24) is 29.7 Å². The van der Waals surface area contributed by atoms with Gasteiger partial charge in [-0.15, -0.1) is 0 Å². The van der Waals surface area contributed by atoms with Crippen LogP contribution in [0.25, 0.3) is 11.0 Å². The monoisotopic (exact) mass is 675 g/mol. The molecule has 3 aliphatic heterocycles. The van der Waals surface area contributed by atoms with Gasteiger partial charge in [0.05, 0.1) is 35.5 Å². The molecule has 3 aliphatic rings. The first-order valence-electron chi connectivity index (χ1n) is 16.3. The van der Waals surface area contributed by atoms with Gasteiger partial charge in [0, 0.05) is 69.5 Å². The standard InChI is InChI=1S/C34H43ClN9O2P/c1-21-14-28(30(46-3)15-29(21)43-12-8-24(9-13-43)44-19-22-17-42(2)18-23(22)20-44)40-34-38-16-25(35)33(41-34)39-27-7-6-26-31(37-11-10-36-26)32(27)47(4,5)45/h6-7,10-11,14-16,22-24H,8-9,12-13,17-20H2,1-5H3,(H2,38,39,40,41). The van der Waals surface area contributed by atoms with E-state index in [-0.39, 0.29) is 0 Å². The van der Waals surface area contributed by atoms with E-state index in [4.69, 9.17) is 21.3 Å². The molecule has 3 saturated heterocycles. The molecule has 47 heavy (non-hydrogen) atoms. The molecule has 0 spiro atoms. The maximum absolute atomic E-state index is 13.4. The van der Waals surface area contributed by atoms with E-state index in [9.17, 15) is 4.57 Å². The van der Waals surface area contributed by atoms with Crippen molar-refractivity contribution in [3.8, 4) is 5.75 Å². The van der Waals surface area contributed by atoms with Crippen LogP contribution in [0.15, 0.2) is 42.9 Å². The maximum Gasteiger partial charge on any atom is 0.229 e. The van der Waals surface area contributed by atoms with E-state index in [1.807, 2.05) is 12.1 Å². The highest BCUT2D eigenvalue weighted by Gasteiger charge is 2.41. The molecule has 2 unspecified atom stereocenters. The van der Waals surface area contributed by atoms with Crippen molar-refractivity contribution in [2.75, 3.05) is 82.3 Å². The molecule has 0 bridgehead atoms. The van der Waals surface area contributed by atoms with Gasteiger partial charge in [0.25, 0.3) is 0 Å². The van der Waals surface area contributed by atoms with Gasteiger partial charge in [0.15, 0.2) is 5.82 Å². The first-order valence-corrected chi connectivity index (χ1v) is 19.3. The highest BCUT2D eigenvalue weighted by Crippen LogP contribution is 2.42. The van der Waals surface area contributed by atoms with Gasteiger partial charge < -0.3 is 29.7 Å². The van der Waals surface area contributed by atoms with E-state index in [2.05, 4.69) is 66.4 Å². The summed E-state index contributed by atoms with van der Waals surface area (Å²) in [5.41, 5.74) is 4.98. The molecule has 2 N–H and O–H groups in total. The third-order valence-corrected chi connectivity index (χ3v) is 11.7. The number of fused-ring (bicyclic) bond motifs is 2. The number of likely N-dealkylation sites (tertiary alicyclic amines) is 2. The third-order valence-electron chi connectivity index (χ3n) is 9.93. The Morgan fingerprint density at radius 3 is 2.38 bits per heavy atom. The Bertz CT molecular complexity index is 1830. The van der Waals surface area contributed by atoms with Crippen LogP contribution in [0.4, 0.5) is 28.8 Å². The van der Waals surface area contributed by atoms with Gasteiger partial charge in [-0.1, -0.05) is 11.6 Å². The van der Waals surface area contributed by atoms with Gasteiger partial charge in [-0.05, 0) is 75.7 Å². The SMILES string of the molecule is COc1cc(N2CCC(N3CC4CN(C)CC4C3)CC2)c(C)cc1Nc1ncc(Cl)c(Nc2ccc3nccnc3c2P(C)(C)=O)n1. The number of hydrogen-bond acceptors (Lipinski definition) is 11. The first kappa shape index (κ1) is 32.1. The average molecular weight is 676 g/mol. The lowest BCUT2D eigenvalue weighted by Crippen LogP contribution is -2.45. The smallest absolute Gasteiger partial charge is 0.229 e. The average Bonchev–Trinajstić information content (AvgIpc) is 3.60. The number of ether oxygens (including phenoxy) is 1. The van der Waals surface area contributed by atoms with Crippen molar-refractivity contribution in [2.45, 2.75) is 25.8 Å². The van der Waals surface area contributed by atoms with E-state index in [0.717, 1.165) is 36.2 Å². The summed E-state index contributed by atoms with van der Waals surface area (Å²) in [7, 11) is 1.18. The fraction of sp³-hybridized carbons (Fsp3) is 0.471. The van der Waals surface area contributed by atoms with Crippen LogP contribution in [-0.2, 0) is 4.57 Å². The molecule has 5 heterocycles. The zero-order valence-corrected chi connectivity index (χ0v) is 29.4. The van der Waals surface area contributed by atoms with Crippen molar-refractivity contribution < 1.29 is 9.30 Å². The van der Waals surface area contributed by atoms with Crippen LogP contribution >= 0.6 is 18.7 Å². The number of halogens is 1. The second-order valence-corrected chi connectivity index (χ2v) is 17.2. The minimum atomic E-state index is -2.76. The number of methoxy groups -OCH3 is 1. The Kier molecular flexibility index (Phi) is 8.76. The van der Waals surface area contributed by atoms with Crippen LogP contribution in [0.1, 0.15) is 18.4 Å². The molecule has 4 aromatic rings. The number of aromatic nitrogens is 4. The van der Waals surface area contributed by atoms with Gasteiger partial charge in [0.1, 0.15) is 23.4 Å². The minimum Gasteiger partial charge on any atom is -0.494 e. The van der Waals surface area contributed by atoms with Crippen LogP contribution < -0.4 is 25.6 Å². The number of anilines is 5. The molecular formula is C34H43ClN9O2P. The molecular weight excluding hydrogens is 633 g/mol. The Hall–Kier alpha value is -3.50. The Labute approximate surface area is 281 Å². The molecule has 0 radical (unpaired) electrons. The van der Waals surface area contributed by atoms with Crippen LogP contribution in [-0.4, -0.2) is 103 Å². The molecule has 13 heteroatoms. The fourth-order valence-electron chi connectivity index (χ4n) is 7.75. The second-order valence-electron chi connectivity index (χ2n) is 13.6. The Balaban J connectivity index is 1.07. The molecule has 7 rings (SSSR count). The van der Waals surface area contributed by atoms with Crippen molar-refractivity contribution >= 4 is 63.9 Å².